The zero-order chi connectivity index (χ0) is 22.5. The first-order chi connectivity index (χ1) is 14.0. The van der Waals surface area contributed by atoms with Crippen molar-refractivity contribution in [1.82, 2.24) is 4.90 Å². The van der Waals surface area contributed by atoms with Gasteiger partial charge < -0.3 is 29.9 Å². The summed E-state index contributed by atoms with van der Waals surface area (Å²) in [6.45, 7) is 1.43. The summed E-state index contributed by atoms with van der Waals surface area (Å²) in [5, 5.41) is 18.7. The van der Waals surface area contributed by atoms with Gasteiger partial charge in [-0.3, -0.25) is 28.9 Å². The molecule has 2 aliphatic rings. The lowest BCUT2D eigenvalue weighted by Gasteiger charge is -2.35. The van der Waals surface area contributed by atoms with E-state index in [2.05, 4.69) is 4.74 Å². The Labute approximate surface area is 172 Å². The molecule has 12 heteroatoms. The minimum absolute atomic E-state index is 0.0283. The number of hydrogen-bond donors (Lipinski definition) is 2. The van der Waals surface area contributed by atoms with Gasteiger partial charge in [-0.25, -0.2) is 0 Å². The summed E-state index contributed by atoms with van der Waals surface area (Å²) >= 11 is 0. The molecule has 2 unspecified atom stereocenters. The van der Waals surface area contributed by atoms with Crippen molar-refractivity contribution >= 4 is 29.8 Å². The van der Waals surface area contributed by atoms with Gasteiger partial charge in [-0.1, -0.05) is 0 Å². The molecular formula is C18H25N3O9. The standard InChI is InChI=1S/C18H25N3O9/c1-2-29-14(26)9-18(8-13(24)25)4-3-17(21(18)19,7-12(22)23)5-6-20-10-15(27)30-16(28)11-20/h2-11H2,1H3,(H,22,23)(H,24,25). The number of carboxylic acid groups (broad SMARTS) is 2. The van der Waals surface area contributed by atoms with Gasteiger partial charge in [0.1, 0.15) is 19.3 Å². The van der Waals surface area contributed by atoms with Gasteiger partial charge in [-0.15, -0.1) is 0 Å². The fourth-order valence-electron chi connectivity index (χ4n) is 4.23. The zero-order valence-corrected chi connectivity index (χ0v) is 16.7. The van der Waals surface area contributed by atoms with Crippen LogP contribution in [0.3, 0.4) is 0 Å². The second-order valence-electron chi connectivity index (χ2n) is 7.69. The molecule has 0 aliphatic carbocycles. The number of carbonyl (C=O) groups excluding carboxylic acids is 3. The molecule has 0 aromatic heterocycles. The van der Waals surface area contributed by atoms with Crippen LogP contribution in [0, 0.1) is 0 Å². The third kappa shape index (κ3) is 5.38. The maximum absolute atomic E-state index is 12.1. The monoisotopic (exact) mass is 427 g/mol. The van der Waals surface area contributed by atoms with E-state index in [0.29, 0.717) is 4.70 Å². The summed E-state index contributed by atoms with van der Waals surface area (Å²) in [5.74, 6) is -4.63. The molecular weight excluding hydrogens is 402 g/mol. The van der Waals surface area contributed by atoms with Gasteiger partial charge in [0.2, 0.25) is 0 Å². The Morgan fingerprint density at radius 1 is 1.07 bits per heavy atom. The van der Waals surface area contributed by atoms with Gasteiger partial charge in [0.25, 0.3) is 0 Å². The molecule has 0 saturated carbocycles. The molecule has 2 aliphatic heterocycles. The van der Waals surface area contributed by atoms with E-state index < -0.39 is 60.2 Å². The number of hydrogen-bond acceptors (Lipinski definition) is 8. The van der Waals surface area contributed by atoms with Gasteiger partial charge in [0.15, 0.2) is 11.1 Å². The predicted octanol–water partition coefficient (Wildman–Crippen LogP) is -0.0300. The van der Waals surface area contributed by atoms with E-state index in [1.54, 1.807) is 6.92 Å². The third-order valence-electron chi connectivity index (χ3n) is 5.52. The Balaban J connectivity index is 2.27. The molecule has 0 spiro atoms. The van der Waals surface area contributed by atoms with Gasteiger partial charge in [-0.05, 0) is 6.92 Å². The van der Waals surface area contributed by atoms with Crippen LogP contribution >= 0.6 is 0 Å². The minimum atomic E-state index is -1.52. The van der Waals surface area contributed by atoms with Crippen LogP contribution in [0.1, 0.15) is 45.4 Å². The lowest BCUT2D eigenvalue weighted by Crippen LogP contribution is -2.51. The molecule has 0 amide bonds. The molecule has 2 atom stereocenters. The topological polar surface area (TPSA) is 173 Å². The van der Waals surface area contributed by atoms with Gasteiger partial charge in [-0.2, -0.15) is 0 Å². The van der Waals surface area contributed by atoms with E-state index in [4.69, 9.17) is 4.74 Å². The van der Waals surface area contributed by atoms with E-state index in [-0.39, 0.29) is 45.5 Å². The SMILES string of the molecule is CCOC(=O)CC1(CC(=O)O)CCC(CCN2CC(=O)OC(=O)C2)(CC(=O)O)[N+]1=[N-]. The highest BCUT2D eigenvalue weighted by atomic mass is 16.6. The molecule has 0 bridgehead atoms. The van der Waals surface area contributed by atoms with E-state index in [9.17, 15) is 39.7 Å². The zero-order valence-electron chi connectivity index (χ0n) is 16.7. The molecule has 2 N–H and O–H groups in total. The van der Waals surface area contributed by atoms with Gasteiger partial charge in [0.05, 0.1) is 19.7 Å². The molecule has 166 valence electrons. The van der Waals surface area contributed by atoms with Crippen LogP contribution in [0.25, 0.3) is 5.53 Å². The number of cyclic esters (lactones) is 2. The van der Waals surface area contributed by atoms with Crippen molar-refractivity contribution in [3.05, 3.63) is 5.53 Å². The molecule has 2 fully saturated rings. The molecule has 0 aromatic rings. The maximum atomic E-state index is 12.1. The van der Waals surface area contributed by atoms with Crippen LogP contribution in [0.4, 0.5) is 0 Å². The van der Waals surface area contributed by atoms with Crippen molar-refractivity contribution in [2.45, 2.75) is 56.5 Å². The molecule has 0 radical (unpaired) electrons. The summed E-state index contributed by atoms with van der Waals surface area (Å²) in [6, 6.07) is 0. The summed E-state index contributed by atoms with van der Waals surface area (Å²) in [7, 11) is 0. The summed E-state index contributed by atoms with van der Waals surface area (Å²) in [4.78, 5) is 59.4. The third-order valence-corrected chi connectivity index (χ3v) is 5.52. The number of rotatable bonds is 10. The average molecular weight is 427 g/mol. The summed E-state index contributed by atoms with van der Waals surface area (Å²) < 4.78 is 10.1. The second-order valence-corrected chi connectivity index (χ2v) is 7.69. The first kappa shape index (κ1) is 23.4. The van der Waals surface area contributed by atoms with Crippen molar-refractivity contribution in [2.24, 2.45) is 0 Å². The van der Waals surface area contributed by atoms with Crippen LogP contribution in [0.2, 0.25) is 0 Å². The molecule has 12 nitrogen and oxygen atoms in total. The Hall–Kier alpha value is -2.89. The highest BCUT2D eigenvalue weighted by molar-refractivity contribution is 5.90. The number of aliphatic carboxylic acids is 2. The predicted molar refractivity (Wildman–Crippen MR) is 96.2 cm³/mol. The Bertz CT molecular complexity index is 752. The molecule has 2 saturated heterocycles. The second kappa shape index (κ2) is 9.28. The minimum Gasteiger partial charge on any atom is -0.506 e. The smallest absolute Gasteiger partial charge is 0.327 e. The first-order valence-electron chi connectivity index (χ1n) is 9.56. The number of ether oxygens (including phenoxy) is 2. The Kier molecular flexibility index (Phi) is 7.24. The van der Waals surface area contributed by atoms with Crippen molar-refractivity contribution < 1.29 is 48.4 Å². The molecule has 0 aromatic carbocycles. The lowest BCUT2D eigenvalue weighted by atomic mass is 9.88. The van der Waals surface area contributed by atoms with Crippen LogP contribution in [-0.4, -0.2) is 87.0 Å². The number of carboxylic acids is 2. The number of esters is 3. The largest absolute Gasteiger partial charge is 0.506 e. The number of morpholine rings is 1. The van der Waals surface area contributed by atoms with Crippen molar-refractivity contribution in [3.8, 4) is 0 Å². The molecule has 30 heavy (non-hydrogen) atoms. The highest BCUT2D eigenvalue weighted by Gasteiger charge is 2.59. The van der Waals surface area contributed by atoms with E-state index >= 15 is 0 Å². The van der Waals surface area contributed by atoms with Crippen LogP contribution in [0.5, 0.6) is 0 Å². The normalized spacial score (nSPS) is 27.0. The van der Waals surface area contributed by atoms with Crippen molar-refractivity contribution in [3.63, 3.8) is 0 Å². The van der Waals surface area contributed by atoms with Gasteiger partial charge in [0, 0.05) is 25.8 Å². The van der Waals surface area contributed by atoms with E-state index in [1.165, 1.54) is 4.90 Å². The van der Waals surface area contributed by atoms with E-state index in [1.807, 2.05) is 0 Å². The lowest BCUT2D eigenvalue weighted by molar-refractivity contribution is -0.670. The quantitative estimate of drug-likeness (QED) is 0.274. The fourth-order valence-corrected chi connectivity index (χ4v) is 4.23. The Morgan fingerprint density at radius 2 is 1.60 bits per heavy atom. The highest BCUT2D eigenvalue weighted by Crippen LogP contribution is 2.45. The summed E-state index contributed by atoms with van der Waals surface area (Å²) in [6.07, 6.45) is -1.32. The Morgan fingerprint density at radius 3 is 2.13 bits per heavy atom. The average Bonchev–Trinajstić information content (AvgIpc) is 2.85. The van der Waals surface area contributed by atoms with Crippen LogP contribution in [0.15, 0.2) is 0 Å². The number of nitrogens with zero attached hydrogens (tertiary/aromatic N) is 3. The van der Waals surface area contributed by atoms with Crippen molar-refractivity contribution in [2.75, 3.05) is 26.2 Å². The van der Waals surface area contributed by atoms with Crippen LogP contribution < -0.4 is 0 Å². The van der Waals surface area contributed by atoms with Gasteiger partial charge >= 0.3 is 29.8 Å². The first-order valence-corrected chi connectivity index (χ1v) is 9.56. The molecule has 2 heterocycles. The fraction of sp³-hybridized carbons (Fsp3) is 0.722. The maximum Gasteiger partial charge on any atom is 0.327 e. The molecule has 2 rings (SSSR count). The summed E-state index contributed by atoms with van der Waals surface area (Å²) in [5.41, 5.74) is 8.12. The van der Waals surface area contributed by atoms with Crippen LogP contribution in [-0.2, 0) is 33.4 Å². The van der Waals surface area contributed by atoms with Crippen molar-refractivity contribution in [1.29, 1.82) is 0 Å². The number of carbonyl (C=O) groups is 5. The van der Waals surface area contributed by atoms with E-state index in [0.717, 1.165) is 0 Å².